The zero-order valence-corrected chi connectivity index (χ0v) is 10.6. The van der Waals surface area contributed by atoms with Crippen LogP contribution >= 0.6 is 36.3 Å². The Labute approximate surface area is 112 Å². The molecule has 7 nitrogen and oxygen atoms in total. The van der Waals surface area contributed by atoms with E-state index in [0.717, 1.165) is 11.5 Å². The third kappa shape index (κ3) is 5.61. The molecule has 0 saturated heterocycles. The number of anilines is 1. The molecule has 0 aliphatic carbocycles. The fraction of sp³-hybridized carbons (Fsp3) is 0.333. The minimum absolute atomic E-state index is 0. The molecule has 0 radical (unpaired) electrons. The number of hydrogen-bond donors (Lipinski definition) is 2. The minimum atomic E-state index is -1.37. The highest BCUT2D eigenvalue weighted by molar-refractivity contribution is 7.09. The van der Waals surface area contributed by atoms with Gasteiger partial charge in [-0.15, -0.1) is 24.8 Å². The van der Waals surface area contributed by atoms with E-state index in [1.165, 1.54) is 0 Å². The van der Waals surface area contributed by atoms with Crippen molar-refractivity contribution in [3.8, 4) is 0 Å². The first-order valence-corrected chi connectivity index (χ1v) is 4.51. The van der Waals surface area contributed by atoms with Gasteiger partial charge in [0.15, 0.2) is 5.13 Å². The van der Waals surface area contributed by atoms with E-state index < -0.39 is 18.4 Å². The fourth-order valence-electron chi connectivity index (χ4n) is 0.652. The second-order valence-electron chi connectivity index (χ2n) is 2.22. The molecule has 0 atom stereocenters. The average Bonchev–Trinajstić information content (AvgIpc) is 2.59. The zero-order valence-electron chi connectivity index (χ0n) is 8.20. The first kappa shape index (κ1) is 18.2. The smallest absolute Gasteiger partial charge is 0.362 e. The van der Waals surface area contributed by atoms with Gasteiger partial charge in [0.05, 0.1) is 0 Å². The Bertz CT molecular complexity index is 389. The van der Waals surface area contributed by atoms with Crippen LogP contribution in [-0.4, -0.2) is 39.4 Å². The largest absolute Gasteiger partial charge is 0.476 e. The third-order valence-corrected chi connectivity index (χ3v) is 1.72. The molecule has 98 valence electrons. The maximum absolute atomic E-state index is 11.7. The van der Waals surface area contributed by atoms with Crippen LogP contribution in [0.25, 0.3) is 0 Å². The molecule has 3 N–H and O–H groups in total. The summed E-state index contributed by atoms with van der Waals surface area (Å²) in [6, 6.07) is 0. The van der Waals surface area contributed by atoms with Crippen molar-refractivity contribution in [1.29, 1.82) is 0 Å². The molecule has 0 unspecified atom stereocenters. The number of hydrogen-bond acceptors (Lipinski definition) is 7. The van der Waals surface area contributed by atoms with Gasteiger partial charge >= 0.3 is 5.97 Å². The van der Waals surface area contributed by atoms with E-state index in [1.54, 1.807) is 0 Å². The number of carboxylic acids is 1. The Morgan fingerprint density at radius 2 is 2.24 bits per heavy atom. The van der Waals surface area contributed by atoms with E-state index >= 15 is 0 Å². The summed E-state index contributed by atoms with van der Waals surface area (Å²) in [5.74, 6) is -1.52. The third-order valence-electron chi connectivity index (χ3n) is 1.18. The molecular weight excluding hydrogens is 298 g/mol. The van der Waals surface area contributed by atoms with Crippen molar-refractivity contribution < 1.29 is 19.1 Å². The van der Waals surface area contributed by atoms with E-state index in [0.29, 0.717) is 0 Å². The van der Waals surface area contributed by atoms with Gasteiger partial charge in [0.25, 0.3) is 0 Å². The number of rotatable bonds is 5. The topological polar surface area (TPSA) is 111 Å². The Hall–Kier alpha value is -1.19. The summed E-state index contributed by atoms with van der Waals surface area (Å²) in [4.78, 5) is 18.7. The Balaban J connectivity index is 0. The predicted molar refractivity (Wildman–Crippen MR) is 64.9 cm³/mol. The van der Waals surface area contributed by atoms with Crippen LogP contribution in [0.15, 0.2) is 5.16 Å². The van der Waals surface area contributed by atoms with Crippen LogP contribution in [0, 0.1) is 0 Å². The van der Waals surface area contributed by atoms with Crippen molar-refractivity contribution in [3.63, 3.8) is 0 Å². The first-order valence-electron chi connectivity index (χ1n) is 3.74. The summed E-state index contributed by atoms with van der Waals surface area (Å²) >= 11 is 0.832. The highest BCUT2D eigenvalue weighted by Gasteiger charge is 2.18. The van der Waals surface area contributed by atoms with Crippen LogP contribution in [0.4, 0.5) is 9.52 Å². The normalized spacial score (nSPS) is 10.1. The van der Waals surface area contributed by atoms with Gasteiger partial charge < -0.3 is 15.7 Å². The second-order valence-corrected chi connectivity index (χ2v) is 3.01. The van der Waals surface area contributed by atoms with Crippen LogP contribution in [0.3, 0.4) is 0 Å². The van der Waals surface area contributed by atoms with Crippen molar-refractivity contribution >= 4 is 53.2 Å². The summed E-state index contributed by atoms with van der Waals surface area (Å²) in [5.41, 5.74) is 4.76. The number of aliphatic carboxylic acids is 1. The Kier molecular flexibility index (Phi) is 9.52. The highest BCUT2D eigenvalue weighted by atomic mass is 35.5. The van der Waals surface area contributed by atoms with Crippen LogP contribution < -0.4 is 5.73 Å². The van der Waals surface area contributed by atoms with E-state index in [2.05, 4.69) is 19.4 Å². The molecule has 17 heavy (non-hydrogen) atoms. The lowest BCUT2D eigenvalue weighted by atomic mass is 10.4. The number of halogens is 3. The lowest BCUT2D eigenvalue weighted by Gasteiger charge is -1.96. The summed E-state index contributed by atoms with van der Waals surface area (Å²) in [5, 5.41) is 12.0. The van der Waals surface area contributed by atoms with E-state index in [-0.39, 0.29) is 42.4 Å². The molecule has 0 amide bonds. The van der Waals surface area contributed by atoms with Gasteiger partial charge in [-0.05, 0) is 0 Å². The number of nitrogens with zero attached hydrogens (tertiary/aromatic N) is 3. The van der Waals surface area contributed by atoms with Gasteiger partial charge in [-0.3, -0.25) is 0 Å². The molecule has 0 aliphatic heterocycles. The fourth-order valence-corrected chi connectivity index (χ4v) is 1.09. The number of oxime groups is 1. The number of aromatic nitrogens is 2. The predicted octanol–water partition coefficient (Wildman–Crippen LogP) is 0.739. The SMILES string of the molecule is Cl.Cl.Nc1nc(C(=NOCCF)C(=O)O)ns1. The molecular formula is C6H9Cl2FN4O3S. The number of nitrogen functional groups attached to an aromatic ring is 1. The summed E-state index contributed by atoms with van der Waals surface area (Å²) in [7, 11) is 0. The number of carboxylic acid groups (broad SMARTS) is 1. The quantitative estimate of drug-likeness (QED) is 0.471. The van der Waals surface area contributed by atoms with E-state index in [4.69, 9.17) is 10.8 Å². The molecule has 0 saturated carbocycles. The van der Waals surface area contributed by atoms with Gasteiger partial charge in [0, 0.05) is 11.5 Å². The summed E-state index contributed by atoms with van der Waals surface area (Å²) in [6.45, 7) is -1.08. The zero-order chi connectivity index (χ0) is 11.3. The molecule has 0 fully saturated rings. The number of alkyl halides is 1. The van der Waals surface area contributed by atoms with Gasteiger partial charge in [-0.1, -0.05) is 5.16 Å². The molecule has 0 spiro atoms. The van der Waals surface area contributed by atoms with Crippen LogP contribution in [-0.2, 0) is 9.63 Å². The van der Waals surface area contributed by atoms with Gasteiger partial charge in [-0.2, -0.15) is 9.36 Å². The maximum atomic E-state index is 11.7. The van der Waals surface area contributed by atoms with Crippen molar-refractivity contribution in [2.45, 2.75) is 0 Å². The van der Waals surface area contributed by atoms with E-state index in [9.17, 15) is 9.18 Å². The highest BCUT2D eigenvalue weighted by Crippen LogP contribution is 2.07. The van der Waals surface area contributed by atoms with Crippen LogP contribution in [0.5, 0.6) is 0 Å². The molecule has 1 aromatic rings. The minimum Gasteiger partial charge on any atom is -0.476 e. The molecule has 1 rings (SSSR count). The van der Waals surface area contributed by atoms with Crippen molar-refractivity contribution in [2.24, 2.45) is 5.16 Å². The lowest BCUT2D eigenvalue weighted by Crippen LogP contribution is -2.17. The Morgan fingerprint density at radius 3 is 2.65 bits per heavy atom. The molecule has 0 aromatic carbocycles. The summed E-state index contributed by atoms with van der Waals surface area (Å²) in [6.07, 6.45) is 0. The molecule has 0 aliphatic rings. The molecule has 1 heterocycles. The average molecular weight is 307 g/mol. The van der Waals surface area contributed by atoms with Crippen molar-refractivity contribution in [2.75, 3.05) is 19.0 Å². The van der Waals surface area contributed by atoms with Gasteiger partial charge in [-0.25, -0.2) is 9.18 Å². The van der Waals surface area contributed by atoms with Gasteiger partial charge in [0.2, 0.25) is 11.5 Å². The standard InChI is InChI=1S/C6H7FN4O3S.2ClH/c7-1-2-14-10-3(5(12)13)4-9-6(8)15-11-4;;/h1-2H2,(H,12,13)(H2,8,9,11);2*1H. The molecule has 11 heteroatoms. The van der Waals surface area contributed by atoms with Gasteiger partial charge in [0.1, 0.15) is 13.3 Å². The van der Waals surface area contributed by atoms with Crippen LogP contribution in [0.2, 0.25) is 0 Å². The monoisotopic (exact) mass is 306 g/mol. The first-order chi connectivity index (χ1) is 7.15. The molecule has 1 aromatic heterocycles. The maximum Gasteiger partial charge on any atom is 0.362 e. The summed E-state index contributed by atoms with van der Waals surface area (Å²) < 4.78 is 15.3. The molecule has 0 bridgehead atoms. The lowest BCUT2D eigenvalue weighted by molar-refractivity contribution is -0.129. The number of nitrogens with two attached hydrogens (primary N) is 1. The van der Waals surface area contributed by atoms with E-state index in [1.807, 2.05) is 0 Å². The van der Waals surface area contributed by atoms with Crippen molar-refractivity contribution in [3.05, 3.63) is 5.82 Å². The van der Waals surface area contributed by atoms with Crippen molar-refractivity contribution in [1.82, 2.24) is 9.36 Å². The number of carbonyl (C=O) groups is 1. The second kappa shape index (κ2) is 8.90. The van der Waals surface area contributed by atoms with Crippen LogP contribution in [0.1, 0.15) is 5.82 Å². The Morgan fingerprint density at radius 1 is 1.59 bits per heavy atom.